The number of thiazole rings is 1. The van der Waals surface area contributed by atoms with E-state index in [1.165, 1.54) is 11.3 Å². The van der Waals surface area contributed by atoms with Crippen molar-refractivity contribution in [1.82, 2.24) is 4.98 Å². The quantitative estimate of drug-likeness (QED) is 0.266. The average Bonchev–Trinajstić information content (AvgIpc) is 3.20. The summed E-state index contributed by atoms with van der Waals surface area (Å²) in [7, 11) is -1.85. The van der Waals surface area contributed by atoms with Gasteiger partial charge in [-0.15, -0.1) is 11.3 Å². The number of aliphatic carboxylic acids is 1. The monoisotopic (exact) mass is 508 g/mol. The lowest BCUT2D eigenvalue weighted by Crippen LogP contribution is -2.57. The number of carbonyl (C=O) groups is 1. The van der Waals surface area contributed by atoms with E-state index >= 15 is 0 Å². The summed E-state index contributed by atoms with van der Waals surface area (Å²) in [6.07, 6.45) is 0.211. The molecule has 182 valence electrons. The number of hydrogen-bond acceptors (Lipinski definition) is 8. The fourth-order valence-electron chi connectivity index (χ4n) is 4.17. The molecule has 1 saturated heterocycles. The molecule has 0 amide bonds. The number of likely N-dealkylation sites (N-methyl/N-ethyl adjacent to an activating group) is 1. The number of aromatic nitrogens is 1. The number of piperazine rings is 1. The van der Waals surface area contributed by atoms with Crippen LogP contribution in [-0.4, -0.2) is 79.0 Å². The van der Waals surface area contributed by atoms with Crippen LogP contribution in [0.3, 0.4) is 0 Å². The summed E-state index contributed by atoms with van der Waals surface area (Å²) in [5.41, 5.74) is 1.58. The molecular formula is C22H26N3O7S2+. The van der Waals surface area contributed by atoms with Crippen LogP contribution in [0.4, 0.5) is 5.69 Å². The molecule has 0 unspecified atom stereocenters. The SMILES string of the molecule is C[N+]1(CCCS(=O)(=O)O)CCN(c2ccc3cc(-c4nc(CC(=O)O)cs4)c(=O)oc3c2)CC1. The Bertz CT molecular complexity index is 1370. The minimum Gasteiger partial charge on any atom is -0.481 e. The van der Waals surface area contributed by atoms with E-state index in [0.29, 0.717) is 34.8 Å². The number of rotatable bonds is 8. The van der Waals surface area contributed by atoms with Gasteiger partial charge >= 0.3 is 11.6 Å². The number of carboxylic acids is 1. The van der Waals surface area contributed by atoms with Gasteiger partial charge in [-0.05, 0) is 18.2 Å². The van der Waals surface area contributed by atoms with E-state index in [4.69, 9.17) is 14.1 Å². The van der Waals surface area contributed by atoms with Crippen LogP contribution in [0.1, 0.15) is 12.1 Å². The maximum Gasteiger partial charge on any atom is 0.346 e. The first-order chi connectivity index (χ1) is 16.0. The predicted octanol–water partition coefficient (Wildman–Crippen LogP) is 2.09. The Labute approximate surface area is 200 Å². The summed E-state index contributed by atoms with van der Waals surface area (Å²) in [5, 5.41) is 11.7. The summed E-state index contributed by atoms with van der Waals surface area (Å²) in [6.45, 7) is 3.86. The first-order valence-electron chi connectivity index (χ1n) is 10.8. The van der Waals surface area contributed by atoms with Gasteiger partial charge in [0.15, 0.2) is 0 Å². The van der Waals surface area contributed by atoms with Gasteiger partial charge in [-0.25, -0.2) is 9.78 Å². The molecule has 3 heterocycles. The van der Waals surface area contributed by atoms with Crippen LogP contribution in [0.2, 0.25) is 0 Å². The molecule has 0 aliphatic carbocycles. The molecule has 34 heavy (non-hydrogen) atoms. The molecule has 4 rings (SSSR count). The van der Waals surface area contributed by atoms with Gasteiger partial charge in [-0.2, -0.15) is 8.42 Å². The number of nitrogens with zero attached hydrogens (tertiary/aromatic N) is 3. The van der Waals surface area contributed by atoms with Gasteiger partial charge in [0.25, 0.3) is 10.1 Å². The summed E-state index contributed by atoms with van der Waals surface area (Å²) < 4.78 is 37.2. The van der Waals surface area contributed by atoms with E-state index in [-0.39, 0.29) is 12.2 Å². The zero-order valence-electron chi connectivity index (χ0n) is 18.6. The van der Waals surface area contributed by atoms with Gasteiger partial charge in [0.1, 0.15) is 10.6 Å². The number of quaternary nitrogens is 1. The van der Waals surface area contributed by atoms with Crippen molar-refractivity contribution < 1.29 is 31.8 Å². The molecule has 0 spiro atoms. The number of fused-ring (bicyclic) bond motifs is 1. The summed E-state index contributed by atoms with van der Waals surface area (Å²) in [6, 6.07) is 7.41. The zero-order chi connectivity index (χ0) is 24.5. The smallest absolute Gasteiger partial charge is 0.346 e. The van der Waals surface area contributed by atoms with Crippen LogP contribution in [-0.2, 0) is 21.3 Å². The Kier molecular flexibility index (Phi) is 6.76. The van der Waals surface area contributed by atoms with E-state index in [2.05, 4.69) is 16.9 Å². The third-order valence-electron chi connectivity index (χ3n) is 6.12. The average molecular weight is 509 g/mol. The van der Waals surface area contributed by atoms with Crippen molar-refractivity contribution in [2.75, 3.05) is 50.4 Å². The van der Waals surface area contributed by atoms with Crippen molar-refractivity contribution in [1.29, 1.82) is 0 Å². The van der Waals surface area contributed by atoms with Crippen molar-refractivity contribution in [3.8, 4) is 10.6 Å². The molecule has 0 radical (unpaired) electrons. The summed E-state index contributed by atoms with van der Waals surface area (Å²) >= 11 is 1.21. The summed E-state index contributed by atoms with van der Waals surface area (Å²) in [5.74, 6) is -1.21. The Hall–Kier alpha value is -2.80. The highest BCUT2D eigenvalue weighted by molar-refractivity contribution is 7.85. The molecule has 1 aliphatic heterocycles. The van der Waals surface area contributed by atoms with Gasteiger partial charge in [0, 0.05) is 28.9 Å². The molecule has 2 N–H and O–H groups in total. The van der Waals surface area contributed by atoms with E-state index in [1.54, 1.807) is 11.4 Å². The molecule has 12 heteroatoms. The van der Waals surface area contributed by atoms with Crippen LogP contribution in [0, 0.1) is 0 Å². The molecule has 1 aromatic carbocycles. The van der Waals surface area contributed by atoms with Gasteiger partial charge in [0.05, 0.1) is 63.2 Å². The maximum absolute atomic E-state index is 12.6. The number of anilines is 1. The first-order valence-corrected chi connectivity index (χ1v) is 13.3. The van der Waals surface area contributed by atoms with Crippen molar-refractivity contribution in [3.05, 3.63) is 45.8 Å². The Morgan fingerprint density at radius 1 is 1.26 bits per heavy atom. The molecule has 0 bridgehead atoms. The largest absolute Gasteiger partial charge is 0.481 e. The number of carboxylic acid groups (broad SMARTS) is 1. The second-order valence-corrected chi connectivity index (χ2v) is 11.2. The van der Waals surface area contributed by atoms with Crippen molar-refractivity contribution in [2.45, 2.75) is 12.8 Å². The Morgan fingerprint density at radius 3 is 2.68 bits per heavy atom. The minimum absolute atomic E-state index is 0.201. The summed E-state index contributed by atoms with van der Waals surface area (Å²) in [4.78, 5) is 30.0. The molecule has 1 fully saturated rings. The van der Waals surface area contributed by atoms with E-state index < -0.39 is 21.7 Å². The fraction of sp³-hybridized carbons (Fsp3) is 0.409. The Morgan fingerprint density at radius 2 is 2.00 bits per heavy atom. The molecule has 0 saturated carbocycles. The van der Waals surface area contributed by atoms with Crippen LogP contribution < -0.4 is 10.5 Å². The van der Waals surface area contributed by atoms with Crippen LogP contribution in [0.5, 0.6) is 0 Å². The topological polar surface area (TPSA) is 138 Å². The third-order valence-corrected chi connectivity index (χ3v) is 7.85. The number of hydrogen-bond donors (Lipinski definition) is 2. The standard InChI is InChI=1S/C22H25N3O7S2/c1-25(7-2-10-34(29,30)31)8-5-24(6-9-25)17-4-3-15-11-18(22(28)32-19(15)13-17)21-23-16(14-33-21)12-20(26)27/h3-4,11,13-14H,2,5-10,12H2,1H3,(H-,26,27,29,30,31)/p+1. The second-order valence-electron chi connectivity index (χ2n) is 8.80. The van der Waals surface area contributed by atoms with Crippen molar-refractivity contribution in [2.24, 2.45) is 0 Å². The third kappa shape index (κ3) is 5.81. The normalized spacial score (nSPS) is 16.1. The predicted molar refractivity (Wildman–Crippen MR) is 129 cm³/mol. The van der Waals surface area contributed by atoms with Gasteiger partial charge in [0.2, 0.25) is 0 Å². The second kappa shape index (κ2) is 9.45. The van der Waals surface area contributed by atoms with Crippen LogP contribution in [0.15, 0.2) is 38.9 Å². The highest BCUT2D eigenvalue weighted by Crippen LogP contribution is 2.28. The van der Waals surface area contributed by atoms with E-state index in [0.717, 1.165) is 41.7 Å². The lowest BCUT2D eigenvalue weighted by molar-refractivity contribution is -0.910. The molecule has 3 aromatic rings. The number of benzene rings is 1. The Balaban J connectivity index is 1.47. The van der Waals surface area contributed by atoms with Gasteiger partial charge in [-0.3, -0.25) is 9.35 Å². The van der Waals surface area contributed by atoms with Gasteiger partial charge < -0.3 is 18.9 Å². The van der Waals surface area contributed by atoms with Crippen molar-refractivity contribution in [3.63, 3.8) is 0 Å². The first kappa shape index (κ1) is 24.3. The van der Waals surface area contributed by atoms with E-state index in [9.17, 15) is 18.0 Å². The maximum atomic E-state index is 12.6. The fourth-order valence-corrected chi connectivity index (χ4v) is 5.49. The van der Waals surface area contributed by atoms with Gasteiger partial charge in [-0.1, -0.05) is 0 Å². The molecule has 0 atom stereocenters. The van der Waals surface area contributed by atoms with E-state index in [1.807, 2.05) is 18.2 Å². The highest BCUT2D eigenvalue weighted by Gasteiger charge is 2.29. The molecular weight excluding hydrogens is 482 g/mol. The van der Waals surface area contributed by atoms with Crippen molar-refractivity contribution >= 4 is 44.1 Å². The lowest BCUT2D eigenvalue weighted by Gasteiger charge is -2.43. The molecule has 10 nitrogen and oxygen atoms in total. The van der Waals surface area contributed by atoms with Crippen LogP contribution >= 0.6 is 11.3 Å². The highest BCUT2D eigenvalue weighted by atomic mass is 32.2. The zero-order valence-corrected chi connectivity index (χ0v) is 20.3. The lowest BCUT2D eigenvalue weighted by atomic mass is 10.1. The van der Waals surface area contributed by atoms with Crippen LogP contribution in [0.25, 0.3) is 21.5 Å². The minimum atomic E-state index is -3.94. The molecule has 2 aromatic heterocycles. The molecule has 1 aliphatic rings.